The minimum absolute atomic E-state index is 0.0303. The molecule has 0 amide bonds. The second-order valence-electron chi connectivity index (χ2n) is 7.81. The van der Waals surface area contributed by atoms with Crippen molar-refractivity contribution in [1.29, 1.82) is 0 Å². The van der Waals surface area contributed by atoms with E-state index >= 15 is 0 Å². The van der Waals surface area contributed by atoms with Crippen LogP contribution in [0.5, 0.6) is 11.5 Å². The maximum atomic E-state index is 13.1. The highest BCUT2D eigenvalue weighted by Crippen LogP contribution is 2.33. The van der Waals surface area contributed by atoms with E-state index in [1.54, 1.807) is 0 Å². The van der Waals surface area contributed by atoms with Crippen LogP contribution in [0.1, 0.15) is 26.2 Å². The second-order valence-corrected chi connectivity index (χ2v) is 7.81. The molecule has 0 aromatic heterocycles. The first-order valence-electron chi connectivity index (χ1n) is 9.31. The number of para-hydroxylation sites is 2. The minimum atomic E-state index is 0.0303. The van der Waals surface area contributed by atoms with Gasteiger partial charge >= 0.3 is 0 Å². The van der Waals surface area contributed by atoms with Crippen molar-refractivity contribution in [2.24, 2.45) is 5.92 Å². The Morgan fingerprint density at radius 2 is 2.08 bits per heavy atom. The molecule has 0 saturated carbocycles. The Morgan fingerprint density at radius 1 is 1.25 bits per heavy atom. The number of hydrogen-bond acceptors (Lipinski definition) is 4. The van der Waals surface area contributed by atoms with Crippen molar-refractivity contribution >= 4 is 0 Å². The molecule has 4 atom stereocenters. The van der Waals surface area contributed by atoms with Crippen LogP contribution in [0.4, 0.5) is 0 Å². The van der Waals surface area contributed by atoms with E-state index in [0.29, 0.717) is 12.5 Å². The van der Waals surface area contributed by atoms with Crippen molar-refractivity contribution in [2.75, 3.05) is 39.3 Å². The largest absolute Gasteiger partial charge is 0.633 e. The molecule has 3 aliphatic heterocycles. The normalized spacial score (nSPS) is 36.7. The number of ether oxygens (including phenoxy) is 2. The third-order valence-electron chi connectivity index (χ3n) is 5.80. The molecule has 5 nitrogen and oxygen atoms in total. The molecule has 0 radical (unpaired) electrons. The van der Waals surface area contributed by atoms with E-state index in [1.807, 2.05) is 24.3 Å². The molecule has 2 saturated heterocycles. The molecule has 1 aromatic carbocycles. The molecule has 0 bridgehead atoms. The van der Waals surface area contributed by atoms with Crippen molar-refractivity contribution in [2.45, 2.75) is 38.3 Å². The fourth-order valence-corrected chi connectivity index (χ4v) is 4.50. The predicted octanol–water partition coefficient (Wildman–Crippen LogP) is 2.65. The first-order chi connectivity index (χ1) is 11.6. The Morgan fingerprint density at radius 3 is 2.88 bits per heavy atom. The Bertz CT molecular complexity index is 581. The number of hydroxylamine groups is 3. The molecular formula is C19H28N2O3. The molecule has 3 aliphatic rings. The maximum absolute atomic E-state index is 13.1. The molecule has 4 rings (SSSR count). The fourth-order valence-electron chi connectivity index (χ4n) is 4.50. The predicted molar refractivity (Wildman–Crippen MR) is 93.0 cm³/mol. The number of hydrogen-bond donors (Lipinski definition) is 0. The average Bonchev–Trinajstić information content (AvgIpc) is 2.95. The summed E-state index contributed by atoms with van der Waals surface area (Å²) in [6.45, 7) is 7.21. The van der Waals surface area contributed by atoms with E-state index in [-0.39, 0.29) is 16.8 Å². The summed E-state index contributed by atoms with van der Waals surface area (Å²) in [5, 5.41) is 13.1. The molecule has 0 N–H and O–H groups in total. The zero-order valence-electron chi connectivity index (χ0n) is 14.5. The van der Waals surface area contributed by atoms with Crippen molar-refractivity contribution in [1.82, 2.24) is 4.90 Å². The van der Waals surface area contributed by atoms with Gasteiger partial charge in [-0.05, 0) is 25.1 Å². The Balaban J connectivity index is 1.36. The van der Waals surface area contributed by atoms with Crippen LogP contribution < -0.4 is 9.47 Å². The topological polar surface area (TPSA) is 44.8 Å². The van der Waals surface area contributed by atoms with Crippen LogP contribution in [0, 0.1) is 11.1 Å². The Kier molecular flexibility index (Phi) is 4.41. The average molecular weight is 332 g/mol. The maximum Gasteiger partial charge on any atom is 0.161 e. The summed E-state index contributed by atoms with van der Waals surface area (Å²) in [4.78, 5) is 2.41. The van der Waals surface area contributed by atoms with E-state index in [0.717, 1.165) is 63.5 Å². The van der Waals surface area contributed by atoms with E-state index in [2.05, 4.69) is 11.8 Å². The van der Waals surface area contributed by atoms with Gasteiger partial charge < -0.3 is 19.3 Å². The number of fused-ring (bicyclic) bond motifs is 1. The summed E-state index contributed by atoms with van der Waals surface area (Å²) in [5.74, 6) is 2.24. The molecular weight excluding hydrogens is 304 g/mol. The van der Waals surface area contributed by atoms with Crippen LogP contribution in [-0.4, -0.2) is 61.0 Å². The van der Waals surface area contributed by atoms with Crippen LogP contribution >= 0.6 is 0 Å². The lowest BCUT2D eigenvalue weighted by Gasteiger charge is -2.49. The lowest BCUT2D eigenvalue weighted by Crippen LogP contribution is -2.57. The first kappa shape index (κ1) is 16.2. The van der Waals surface area contributed by atoms with Gasteiger partial charge in [0, 0.05) is 25.3 Å². The van der Waals surface area contributed by atoms with Gasteiger partial charge in [0.1, 0.15) is 18.8 Å². The second kappa shape index (κ2) is 6.54. The van der Waals surface area contributed by atoms with Crippen LogP contribution in [0.15, 0.2) is 24.3 Å². The molecule has 3 heterocycles. The highest BCUT2D eigenvalue weighted by molar-refractivity contribution is 5.40. The van der Waals surface area contributed by atoms with Gasteiger partial charge in [-0.1, -0.05) is 19.1 Å². The Hall–Kier alpha value is -1.30. The van der Waals surface area contributed by atoms with Crippen LogP contribution in [0.3, 0.4) is 0 Å². The quantitative estimate of drug-likeness (QED) is 0.630. The van der Waals surface area contributed by atoms with Gasteiger partial charge in [-0.2, -0.15) is 0 Å². The van der Waals surface area contributed by atoms with Gasteiger partial charge in [0.25, 0.3) is 0 Å². The first-order valence-corrected chi connectivity index (χ1v) is 9.31. The van der Waals surface area contributed by atoms with Crippen LogP contribution in [0.25, 0.3) is 0 Å². The summed E-state index contributed by atoms with van der Waals surface area (Å²) in [6.07, 6.45) is 3.32. The summed E-state index contributed by atoms with van der Waals surface area (Å²) in [6, 6.07) is 8.08. The lowest BCUT2D eigenvalue weighted by molar-refractivity contribution is -0.895. The number of nitrogens with zero attached hydrogens (tertiary/aromatic N) is 2. The lowest BCUT2D eigenvalue weighted by atomic mass is 10.0. The molecule has 24 heavy (non-hydrogen) atoms. The monoisotopic (exact) mass is 332 g/mol. The number of rotatable bonds is 3. The zero-order valence-corrected chi connectivity index (χ0v) is 14.5. The molecule has 5 heteroatoms. The van der Waals surface area contributed by atoms with Crippen molar-refractivity contribution in [3.63, 3.8) is 0 Å². The van der Waals surface area contributed by atoms with Gasteiger partial charge in [0.15, 0.2) is 11.5 Å². The molecule has 4 unspecified atom stereocenters. The summed E-state index contributed by atoms with van der Waals surface area (Å²) in [7, 11) is 0. The van der Waals surface area contributed by atoms with E-state index in [1.165, 1.54) is 0 Å². The Labute approximate surface area is 144 Å². The third-order valence-corrected chi connectivity index (χ3v) is 5.80. The third kappa shape index (κ3) is 3.25. The number of quaternary nitrogens is 1. The SMILES string of the molecule is CC1CC[N+]([O-])(C2CCCN(CC3COc4ccccc4O3)C2)C1. The zero-order chi connectivity index (χ0) is 16.6. The van der Waals surface area contributed by atoms with Crippen molar-refractivity contribution < 1.29 is 14.1 Å². The summed E-state index contributed by atoms with van der Waals surface area (Å²) >= 11 is 0. The molecule has 132 valence electrons. The number of benzene rings is 1. The molecule has 0 aliphatic carbocycles. The van der Waals surface area contributed by atoms with Crippen LogP contribution in [-0.2, 0) is 0 Å². The van der Waals surface area contributed by atoms with Crippen molar-refractivity contribution in [3.05, 3.63) is 29.5 Å². The van der Waals surface area contributed by atoms with Gasteiger partial charge in [-0.15, -0.1) is 0 Å². The standard InChI is InChI=1S/C19H28N2O3/c1-15-8-10-21(22,13-15)16-5-4-9-20(11-16)12-17-14-23-18-6-2-3-7-19(18)24-17/h2-3,6-7,15-17H,4-5,8-14H2,1H3. The molecule has 0 spiro atoms. The molecule has 1 aromatic rings. The highest BCUT2D eigenvalue weighted by Gasteiger charge is 2.39. The summed E-state index contributed by atoms with van der Waals surface area (Å²) in [5.41, 5.74) is 0. The van der Waals surface area contributed by atoms with Gasteiger partial charge in [0.05, 0.1) is 19.6 Å². The van der Waals surface area contributed by atoms with Gasteiger partial charge in [-0.25, -0.2) is 0 Å². The minimum Gasteiger partial charge on any atom is -0.633 e. The summed E-state index contributed by atoms with van der Waals surface area (Å²) < 4.78 is 11.9. The van der Waals surface area contributed by atoms with Crippen LogP contribution in [0.2, 0.25) is 0 Å². The van der Waals surface area contributed by atoms with Gasteiger partial charge in [-0.3, -0.25) is 4.90 Å². The van der Waals surface area contributed by atoms with E-state index in [9.17, 15) is 5.21 Å². The fraction of sp³-hybridized carbons (Fsp3) is 0.684. The van der Waals surface area contributed by atoms with Crippen molar-refractivity contribution in [3.8, 4) is 11.5 Å². The van der Waals surface area contributed by atoms with Gasteiger partial charge in [0.2, 0.25) is 0 Å². The van der Waals surface area contributed by atoms with E-state index in [4.69, 9.17) is 9.47 Å². The number of piperidine rings is 1. The molecule has 2 fully saturated rings. The van der Waals surface area contributed by atoms with E-state index < -0.39 is 0 Å². The smallest absolute Gasteiger partial charge is 0.161 e. The highest BCUT2D eigenvalue weighted by atomic mass is 16.6. The number of likely N-dealkylation sites (tertiary alicyclic amines) is 2.